The van der Waals surface area contributed by atoms with Crippen LogP contribution in [0.4, 0.5) is 4.39 Å². The third-order valence-corrected chi connectivity index (χ3v) is 3.52. The maximum atomic E-state index is 13.0. The number of hydrogen-bond donors (Lipinski definition) is 0. The molecule has 1 saturated heterocycles. The van der Waals surface area contributed by atoms with Crippen LogP contribution in [0, 0.1) is 5.82 Å². The predicted molar refractivity (Wildman–Crippen MR) is 74.0 cm³/mol. The Labute approximate surface area is 117 Å². The molecule has 3 nitrogen and oxygen atoms in total. The van der Waals surface area contributed by atoms with Gasteiger partial charge in [-0.2, -0.15) is 0 Å². The zero-order valence-corrected chi connectivity index (χ0v) is 11.4. The van der Waals surface area contributed by atoms with Crippen molar-refractivity contribution in [2.45, 2.75) is 0 Å². The van der Waals surface area contributed by atoms with Crippen LogP contribution in [0.2, 0.25) is 5.02 Å². The van der Waals surface area contributed by atoms with Gasteiger partial charge in [-0.25, -0.2) is 4.39 Å². The fraction of sp³-hybridized carbons (Fsp3) is 0.357. The van der Waals surface area contributed by atoms with Crippen molar-refractivity contribution in [2.24, 2.45) is 0 Å². The molecule has 1 amide bonds. The second kappa shape index (κ2) is 6.17. The minimum Gasteiger partial charge on any atom is -0.336 e. The van der Waals surface area contributed by atoms with Crippen molar-refractivity contribution in [1.29, 1.82) is 0 Å². The molecule has 5 heteroatoms. The number of carbonyl (C=O) groups excluding carboxylic acids is 1. The van der Waals surface area contributed by atoms with E-state index < -0.39 is 5.82 Å². The van der Waals surface area contributed by atoms with E-state index in [9.17, 15) is 9.18 Å². The number of piperazine rings is 1. The zero-order chi connectivity index (χ0) is 13.8. The monoisotopic (exact) mass is 282 g/mol. The Morgan fingerprint density at radius 1 is 1.37 bits per heavy atom. The minimum atomic E-state index is -0.433. The van der Waals surface area contributed by atoms with Crippen molar-refractivity contribution in [3.63, 3.8) is 0 Å². The summed E-state index contributed by atoms with van der Waals surface area (Å²) in [5.74, 6) is -0.569. The molecule has 2 rings (SSSR count). The normalized spacial score (nSPS) is 16.4. The average Bonchev–Trinajstić information content (AvgIpc) is 2.39. The summed E-state index contributed by atoms with van der Waals surface area (Å²) in [5, 5.41) is 0.165. The molecule has 0 aromatic heterocycles. The number of carbonyl (C=O) groups is 1. The Morgan fingerprint density at radius 2 is 2.05 bits per heavy atom. The first kappa shape index (κ1) is 14.0. The van der Waals surface area contributed by atoms with Crippen molar-refractivity contribution in [3.05, 3.63) is 47.3 Å². The highest BCUT2D eigenvalue weighted by molar-refractivity contribution is 6.33. The number of halogens is 2. The first-order valence-electron chi connectivity index (χ1n) is 6.19. The summed E-state index contributed by atoms with van der Waals surface area (Å²) in [5.41, 5.74) is 0.361. The molecule has 0 radical (unpaired) electrons. The lowest BCUT2D eigenvalue weighted by atomic mass is 10.1. The van der Waals surface area contributed by atoms with Gasteiger partial charge in [-0.3, -0.25) is 9.69 Å². The van der Waals surface area contributed by atoms with E-state index in [1.165, 1.54) is 18.2 Å². The van der Waals surface area contributed by atoms with Gasteiger partial charge >= 0.3 is 0 Å². The van der Waals surface area contributed by atoms with Crippen LogP contribution in [-0.2, 0) is 0 Å². The maximum Gasteiger partial charge on any atom is 0.255 e. The Bertz CT molecular complexity index is 484. The molecule has 1 aromatic rings. The molecule has 102 valence electrons. The third-order valence-electron chi connectivity index (χ3n) is 3.21. The van der Waals surface area contributed by atoms with Gasteiger partial charge < -0.3 is 4.90 Å². The molecule has 1 heterocycles. The van der Waals surface area contributed by atoms with Crippen LogP contribution in [0.5, 0.6) is 0 Å². The average molecular weight is 283 g/mol. The van der Waals surface area contributed by atoms with Gasteiger partial charge in [0.05, 0.1) is 10.6 Å². The lowest BCUT2D eigenvalue weighted by molar-refractivity contribution is 0.0650. The van der Waals surface area contributed by atoms with Crippen LogP contribution in [0.15, 0.2) is 30.9 Å². The van der Waals surface area contributed by atoms with Crippen LogP contribution in [0.1, 0.15) is 10.4 Å². The standard InChI is InChI=1S/C14H16ClFN2O/c1-2-5-17-6-8-18(9-7-17)14(19)12-4-3-11(16)10-13(12)15/h2-4,10H,1,5-9H2. The maximum absolute atomic E-state index is 13.0. The number of nitrogens with zero attached hydrogens (tertiary/aromatic N) is 2. The highest BCUT2D eigenvalue weighted by atomic mass is 35.5. The van der Waals surface area contributed by atoms with Crippen LogP contribution < -0.4 is 0 Å². The van der Waals surface area contributed by atoms with E-state index in [0.29, 0.717) is 18.7 Å². The fourth-order valence-electron chi connectivity index (χ4n) is 2.15. The molecule has 0 atom stereocenters. The molecule has 0 unspecified atom stereocenters. The minimum absolute atomic E-state index is 0.136. The van der Waals surface area contributed by atoms with Crippen LogP contribution in [0.25, 0.3) is 0 Å². The lowest BCUT2D eigenvalue weighted by Crippen LogP contribution is -2.48. The van der Waals surface area contributed by atoms with E-state index in [0.717, 1.165) is 19.6 Å². The molecule has 1 fully saturated rings. The van der Waals surface area contributed by atoms with Gasteiger partial charge in [0.2, 0.25) is 0 Å². The summed E-state index contributed by atoms with van der Waals surface area (Å²) in [7, 11) is 0. The van der Waals surface area contributed by atoms with Crippen molar-refractivity contribution >= 4 is 17.5 Å². The van der Waals surface area contributed by atoms with E-state index in [-0.39, 0.29) is 10.9 Å². The molecule has 0 spiro atoms. The summed E-state index contributed by atoms with van der Waals surface area (Å²) in [4.78, 5) is 16.3. The van der Waals surface area contributed by atoms with E-state index >= 15 is 0 Å². The van der Waals surface area contributed by atoms with E-state index in [1.54, 1.807) is 4.90 Å². The molecule has 1 aromatic carbocycles. The molecule has 19 heavy (non-hydrogen) atoms. The summed E-state index contributed by atoms with van der Waals surface area (Å²) >= 11 is 5.91. The van der Waals surface area contributed by atoms with Gasteiger partial charge in [-0.05, 0) is 18.2 Å². The molecule has 1 aliphatic heterocycles. The first-order chi connectivity index (χ1) is 9.11. The van der Waals surface area contributed by atoms with Crippen LogP contribution >= 0.6 is 11.6 Å². The van der Waals surface area contributed by atoms with Crippen molar-refractivity contribution in [3.8, 4) is 0 Å². The molecular weight excluding hydrogens is 267 g/mol. The number of amides is 1. The topological polar surface area (TPSA) is 23.6 Å². The molecule has 1 aliphatic rings. The molecule has 0 N–H and O–H groups in total. The van der Waals surface area contributed by atoms with Gasteiger partial charge in [-0.15, -0.1) is 6.58 Å². The smallest absolute Gasteiger partial charge is 0.255 e. The van der Waals surface area contributed by atoms with Gasteiger partial charge in [0, 0.05) is 32.7 Å². The second-order valence-corrected chi connectivity index (χ2v) is 4.91. The summed E-state index contributed by atoms with van der Waals surface area (Å²) in [6, 6.07) is 3.87. The van der Waals surface area contributed by atoms with Crippen molar-refractivity contribution < 1.29 is 9.18 Å². The second-order valence-electron chi connectivity index (χ2n) is 4.51. The van der Waals surface area contributed by atoms with Crippen LogP contribution in [-0.4, -0.2) is 48.4 Å². The molecule has 0 saturated carbocycles. The first-order valence-corrected chi connectivity index (χ1v) is 6.57. The van der Waals surface area contributed by atoms with Gasteiger partial charge in [0.15, 0.2) is 0 Å². The van der Waals surface area contributed by atoms with Crippen molar-refractivity contribution in [1.82, 2.24) is 9.80 Å². The molecular formula is C14H16ClFN2O. The fourth-order valence-corrected chi connectivity index (χ4v) is 2.40. The Morgan fingerprint density at radius 3 is 2.63 bits per heavy atom. The van der Waals surface area contributed by atoms with Gasteiger partial charge in [0.1, 0.15) is 5.82 Å². The Balaban J connectivity index is 2.03. The Kier molecular flexibility index (Phi) is 4.56. The van der Waals surface area contributed by atoms with E-state index in [4.69, 9.17) is 11.6 Å². The largest absolute Gasteiger partial charge is 0.336 e. The number of hydrogen-bond acceptors (Lipinski definition) is 2. The van der Waals surface area contributed by atoms with Gasteiger partial charge in [0.25, 0.3) is 5.91 Å². The summed E-state index contributed by atoms with van der Waals surface area (Å²) < 4.78 is 13.0. The highest BCUT2D eigenvalue weighted by Crippen LogP contribution is 2.19. The number of rotatable bonds is 3. The van der Waals surface area contributed by atoms with Gasteiger partial charge in [-0.1, -0.05) is 17.7 Å². The molecule has 0 aliphatic carbocycles. The van der Waals surface area contributed by atoms with E-state index in [1.807, 2.05) is 6.08 Å². The summed E-state index contributed by atoms with van der Waals surface area (Å²) in [6.45, 7) is 7.47. The summed E-state index contributed by atoms with van der Waals surface area (Å²) in [6.07, 6.45) is 1.86. The van der Waals surface area contributed by atoms with Crippen LogP contribution in [0.3, 0.4) is 0 Å². The predicted octanol–water partition coefficient (Wildman–Crippen LogP) is 2.42. The quantitative estimate of drug-likeness (QED) is 0.795. The zero-order valence-electron chi connectivity index (χ0n) is 10.6. The third kappa shape index (κ3) is 3.33. The SMILES string of the molecule is C=CCN1CCN(C(=O)c2ccc(F)cc2Cl)CC1. The van der Waals surface area contributed by atoms with E-state index in [2.05, 4.69) is 11.5 Å². The lowest BCUT2D eigenvalue weighted by Gasteiger charge is -2.34. The molecule has 0 bridgehead atoms. The Hall–Kier alpha value is -1.39. The highest BCUT2D eigenvalue weighted by Gasteiger charge is 2.23. The number of benzene rings is 1. The van der Waals surface area contributed by atoms with Crippen molar-refractivity contribution in [2.75, 3.05) is 32.7 Å².